The van der Waals surface area contributed by atoms with E-state index in [0.717, 1.165) is 24.2 Å². The SMILES string of the molecule is Nc1nc(-c2ccc(Cl)c(Cl)c2)nc(C2CCCCC2)n1. The van der Waals surface area contributed by atoms with E-state index in [1.165, 1.54) is 19.3 Å². The molecule has 110 valence electrons. The molecular weight excluding hydrogens is 307 g/mol. The lowest BCUT2D eigenvalue weighted by atomic mass is 9.89. The van der Waals surface area contributed by atoms with Crippen molar-refractivity contribution in [2.24, 2.45) is 0 Å². The fourth-order valence-corrected chi connectivity index (χ4v) is 3.02. The van der Waals surface area contributed by atoms with Gasteiger partial charge in [0.05, 0.1) is 10.0 Å². The molecule has 2 N–H and O–H groups in total. The summed E-state index contributed by atoms with van der Waals surface area (Å²) in [7, 11) is 0. The molecule has 21 heavy (non-hydrogen) atoms. The van der Waals surface area contributed by atoms with Crippen LogP contribution in [-0.4, -0.2) is 15.0 Å². The molecule has 4 nitrogen and oxygen atoms in total. The number of hydrogen-bond acceptors (Lipinski definition) is 4. The third-order valence-corrected chi connectivity index (χ3v) is 4.56. The molecule has 0 unspecified atom stereocenters. The molecule has 0 saturated heterocycles. The largest absolute Gasteiger partial charge is 0.368 e. The van der Waals surface area contributed by atoms with Gasteiger partial charge < -0.3 is 5.73 Å². The number of nitrogen functional groups attached to an aromatic ring is 1. The highest BCUT2D eigenvalue weighted by atomic mass is 35.5. The molecule has 0 spiro atoms. The van der Waals surface area contributed by atoms with E-state index in [1.807, 2.05) is 6.07 Å². The molecule has 1 saturated carbocycles. The Morgan fingerprint density at radius 2 is 1.71 bits per heavy atom. The van der Waals surface area contributed by atoms with Gasteiger partial charge in [0.2, 0.25) is 5.95 Å². The van der Waals surface area contributed by atoms with E-state index in [-0.39, 0.29) is 5.95 Å². The van der Waals surface area contributed by atoms with Gasteiger partial charge in [-0.05, 0) is 31.0 Å². The van der Waals surface area contributed by atoms with E-state index in [0.29, 0.717) is 21.8 Å². The Hall–Kier alpha value is -1.39. The molecule has 1 aromatic carbocycles. The average molecular weight is 323 g/mol. The topological polar surface area (TPSA) is 64.7 Å². The van der Waals surface area contributed by atoms with E-state index in [9.17, 15) is 0 Å². The van der Waals surface area contributed by atoms with Gasteiger partial charge >= 0.3 is 0 Å². The van der Waals surface area contributed by atoms with Gasteiger partial charge in [0.1, 0.15) is 5.82 Å². The van der Waals surface area contributed by atoms with E-state index < -0.39 is 0 Å². The lowest BCUT2D eigenvalue weighted by molar-refractivity contribution is 0.428. The number of halogens is 2. The maximum absolute atomic E-state index is 6.06. The third-order valence-electron chi connectivity index (χ3n) is 3.82. The normalized spacial score (nSPS) is 16.1. The van der Waals surface area contributed by atoms with Gasteiger partial charge in [-0.1, -0.05) is 42.5 Å². The highest BCUT2D eigenvalue weighted by Crippen LogP contribution is 2.32. The fourth-order valence-electron chi connectivity index (χ4n) is 2.72. The summed E-state index contributed by atoms with van der Waals surface area (Å²) in [6.07, 6.45) is 5.96. The van der Waals surface area contributed by atoms with Gasteiger partial charge in [-0.25, -0.2) is 4.98 Å². The quantitative estimate of drug-likeness (QED) is 0.885. The predicted octanol–water partition coefficient (Wildman–Crippen LogP) is 4.48. The number of hydrogen-bond donors (Lipinski definition) is 1. The van der Waals surface area contributed by atoms with Gasteiger partial charge in [-0.2, -0.15) is 9.97 Å². The molecule has 1 fully saturated rings. The van der Waals surface area contributed by atoms with Crippen LogP contribution >= 0.6 is 23.2 Å². The lowest BCUT2D eigenvalue weighted by Crippen LogP contribution is -2.12. The van der Waals surface area contributed by atoms with Crippen molar-refractivity contribution in [2.45, 2.75) is 38.0 Å². The van der Waals surface area contributed by atoms with Gasteiger partial charge in [0, 0.05) is 11.5 Å². The monoisotopic (exact) mass is 322 g/mol. The summed E-state index contributed by atoms with van der Waals surface area (Å²) in [6, 6.07) is 5.33. The van der Waals surface area contributed by atoms with Crippen LogP contribution in [0.1, 0.15) is 43.8 Å². The van der Waals surface area contributed by atoms with E-state index >= 15 is 0 Å². The molecule has 0 radical (unpaired) electrons. The Labute approximate surface area is 133 Å². The van der Waals surface area contributed by atoms with Crippen LogP contribution in [0.3, 0.4) is 0 Å². The van der Waals surface area contributed by atoms with Crippen LogP contribution in [0.2, 0.25) is 10.0 Å². The smallest absolute Gasteiger partial charge is 0.223 e. The van der Waals surface area contributed by atoms with E-state index in [1.54, 1.807) is 12.1 Å². The van der Waals surface area contributed by atoms with E-state index in [4.69, 9.17) is 28.9 Å². The predicted molar refractivity (Wildman–Crippen MR) is 85.5 cm³/mol. The number of rotatable bonds is 2. The van der Waals surface area contributed by atoms with Crippen LogP contribution in [0.4, 0.5) is 5.95 Å². The second-order valence-electron chi connectivity index (χ2n) is 5.34. The molecule has 2 aromatic rings. The van der Waals surface area contributed by atoms with Crippen molar-refractivity contribution in [1.82, 2.24) is 15.0 Å². The van der Waals surface area contributed by atoms with Crippen molar-refractivity contribution in [2.75, 3.05) is 5.73 Å². The lowest BCUT2D eigenvalue weighted by Gasteiger charge is -2.20. The third kappa shape index (κ3) is 3.27. The first-order valence-electron chi connectivity index (χ1n) is 7.10. The van der Waals surface area contributed by atoms with Crippen LogP contribution in [0.25, 0.3) is 11.4 Å². The summed E-state index contributed by atoms with van der Waals surface area (Å²) in [5.41, 5.74) is 6.65. The molecule has 3 rings (SSSR count). The Bertz CT molecular complexity index is 654. The van der Waals surface area contributed by atoms with Crippen molar-refractivity contribution in [1.29, 1.82) is 0 Å². The van der Waals surface area contributed by atoms with Crippen molar-refractivity contribution < 1.29 is 0 Å². The van der Waals surface area contributed by atoms with Crippen molar-refractivity contribution in [3.05, 3.63) is 34.1 Å². The molecule has 0 atom stereocenters. The first kappa shape index (κ1) is 14.5. The Morgan fingerprint density at radius 1 is 0.952 bits per heavy atom. The Morgan fingerprint density at radius 3 is 2.43 bits per heavy atom. The van der Waals surface area contributed by atoms with Gasteiger partial charge in [-0.3, -0.25) is 0 Å². The number of anilines is 1. The Balaban J connectivity index is 1.98. The second kappa shape index (κ2) is 6.16. The maximum Gasteiger partial charge on any atom is 0.223 e. The average Bonchev–Trinajstić information content (AvgIpc) is 2.50. The second-order valence-corrected chi connectivity index (χ2v) is 6.15. The van der Waals surface area contributed by atoms with Gasteiger partial charge in [0.25, 0.3) is 0 Å². The van der Waals surface area contributed by atoms with Crippen molar-refractivity contribution >= 4 is 29.2 Å². The standard InChI is InChI=1S/C15H16Cl2N4/c16-11-7-6-10(8-12(11)17)14-19-13(20-15(18)21-14)9-4-2-1-3-5-9/h6-9H,1-5H2,(H2,18,19,20,21). The van der Waals surface area contributed by atoms with Crippen LogP contribution in [0, 0.1) is 0 Å². The summed E-state index contributed by atoms with van der Waals surface area (Å²) < 4.78 is 0. The van der Waals surface area contributed by atoms with Crippen LogP contribution in [0.5, 0.6) is 0 Å². The van der Waals surface area contributed by atoms with Gasteiger partial charge in [-0.15, -0.1) is 0 Å². The van der Waals surface area contributed by atoms with Crippen LogP contribution in [0.15, 0.2) is 18.2 Å². The molecule has 1 aliphatic rings. The molecule has 0 bridgehead atoms. The summed E-state index contributed by atoms with van der Waals surface area (Å²) in [5, 5.41) is 0.988. The number of benzene rings is 1. The minimum absolute atomic E-state index is 0.256. The minimum Gasteiger partial charge on any atom is -0.368 e. The molecule has 0 aliphatic heterocycles. The van der Waals surface area contributed by atoms with Crippen molar-refractivity contribution in [3.8, 4) is 11.4 Å². The first-order chi connectivity index (χ1) is 10.1. The molecule has 6 heteroatoms. The zero-order chi connectivity index (χ0) is 14.8. The van der Waals surface area contributed by atoms with Crippen LogP contribution < -0.4 is 5.73 Å². The fraction of sp³-hybridized carbons (Fsp3) is 0.400. The molecule has 1 aromatic heterocycles. The first-order valence-corrected chi connectivity index (χ1v) is 7.86. The Kier molecular flexibility index (Phi) is 4.27. The number of nitrogens with zero attached hydrogens (tertiary/aromatic N) is 3. The maximum atomic E-state index is 6.06. The summed E-state index contributed by atoms with van der Waals surface area (Å²) >= 11 is 12.0. The van der Waals surface area contributed by atoms with Gasteiger partial charge in [0.15, 0.2) is 5.82 Å². The zero-order valence-corrected chi connectivity index (χ0v) is 13.0. The summed E-state index contributed by atoms with van der Waals surface area (Å²) in [4.78, 5) is 13.1. The molecular formula is C15H16Cl2N4. The number of nitrogens with two attached hydrogens (primary N) is 1. The van der Waals surface area contributed by atoms with E-state index in [2.05, 4.69) is 15.0 Å². The molecule has 1 aliphatic carbocycles. The molecule has 0 amide bonds. The highest BCUT2D eigenvalue weighted by molar-refractivity contribution is 6.42. The highest BCUT2D eigenvalue weighted by Gasteiger charge is 2.20. The summed E-state index contributed by atoms with van der Waals surface area (Å²) in [5.74, 6) is 1.99. The molecule has 1 heterocycles. The summed E-state index contributed by atoms with van der Waals surface area (Å²) in [6.45, 7) is 0. The van der Waals surface area contributed by atoms with Crippen LogP contribution in [-0.2, 0) is 0 Å². The number of aromatic nitrogens is 3. The van der Waals surface area contributed by atoms with Crippen molar-refractivity contribution in [3.63, 3.8) is 0 Å². The minimum atomic E-state index is 0.256. The zero-order valence-electron chi connectivity index (χ0n) is 11.5.